The Morgan fingerprint density at radius 1 is 0.793 bits per heavy atom. The van der Waals surface area contributed by atoms with Gasteiger partial charge < -0.3 is 19.1 Å². The molecule has 0 aliphatic rings. The number of ether oxygens (including phenoxy) is 3. The number of amides is 1. The van der Waals surface area contributed by atoms with Crippen LogP contribution in [0.4, 0.5) is 5.69 Å². The standard InChI is InChI=1S/C24H25NO4/c1-17-9-8-12-19(13-17)25(16-18-10-6-5-7-11-18)24(26)20-14-22(28-3)23(29-4)15-21(20)27-2/h5-15H,16H2,1-4H3. The molecule has 29 heavy (non-hydrogen) atoms. The Labute approximate surface area is 171 Å². The Morgan fingerprint density at radius 2 is 1.45 bits per heavy atom. The largest absolute Gasteiger partial charge is 0.496 e. The van der Waals surface area contributed by atoms with Crippen molar-refractivity contribution in [3.05, 3.63) is 83.4 Å². The highest BCUT2D eigenvalue weighted by atomic mass is 16.5. The molecular formula is C24H25NO4. The van der Waals surface area contributed by atoms with Crippen molar-refractivity contribution < 1.29 is 19.0 Å². The highest BCUT2D eigenvalue weighted by molar-refractivity contribution is 6.08. The first-order valence-corrected chi connectivity index (χ1v) is 9.29. The summed E-state index contributed by atoms with van der Waals surface area (Å²) in [7, 11) is 4.63. The van der Waals surface area contributed by atoms with Crippen LogP contribution in [-0.2, 0) is 6.54 Å². The van der Waals surface area contributed by atoms with E-state index in [1.54, 1.807) is 31.3 Å². The maximum Gasteiger partial charge on any atom is 0.262 e. The first-order chi connectivity index (χ1) is 14.1. The molecule has 0 bridgehead atoms. The molecule has 1 amide bonds. The molecule has 0 N–H and O–H groups in total. The second-order valence-corrected chi connectivity index (χ2v) is 6.62. The molecule has 5 nitrogen and oxygen atoms in total. The van der Waals surface area contributed by atoms with E-state index in [0.717, 1.165) is 16.8 Å². The van der Waals surface area contributed by atoms with Crippen molar-refractivity contribution >= 4 is 11.6 Å². The quantitative estimate of drug-likeness (QED) is 0.577. The Balaban J connectivity index is 2.09. The molecule has 0 atom stereocenters. The van der Waals surface area contributed by atoms with Crippen molar-refractivity contribution in [1.82, 2.24) is 0 Å². The van der Waals surface area contributed by atoms with Crippen LogP contribution in [0.25, 0.3) is 0 Å². The molecule has 150 valence electrons. The predicted octanol–water partition coefficient (Wildman–Crippen LogP) is 4.87. The van der Waals surface area contributed by atoms with Crippen LogP contribution in [0, 0.1) is 6.92 Å². The lowest BCUT2D eigenvalue weighted by atomic mass is 10.1. The number of rotatable bonds is 7. The lowest BCUT2D eigenvalue weighted by Crippen LogP contribution is -2.31. The van der Waals surface area contributed by atoms with Gasteiger partial charge in [-0.1, -0.05) is 42.5 Å². The molecule has 0 saturated heterocycles. The molecule has 0 unspecified atom stereocenters. The minimum absolute atomic E-state index is 0.183. The van der Waals surface area contributed by atoms with Crippen LogP contribution >= 0.6 is 0 Å². The van der Waals surface area contributed by atoms with Crippen molar-refractivity contribution in [1.29, 1.82) is 0 Å². The average Bonchev–Trinajstić information content (AvgIpc) is 2.76. The van der Waals surface area contributed by atoms with E-state index < -0.39 is 0 Å². The minimum Gasteiger partial charge on any atom is -0.496 e. The third-order valence-corrected chi connectivity index (χ3v) is 4.68. The SMILES string of the molecule is COc1cc(OC)c(C(=O)N(Cc2ccccc2)c2cccc(C)c2)cc1OC. The van der Waals surface area contributed by atoms with E-state index in [-0.39, 0.29) is 5.91 Å². The lowest BCUT2D eigenvalue weighted by molar-refractivity contribution is 0.0981. The molecule has 0 spiro atoms. The molecule has 3 rings (SSSR count). The maximum atomic E-state index is 13.7. The van der Waals surface area contributed by atoms with E-state index in [1.165, 1.54) is 7.11 Å². The van der Waals surface area contributed by atoms with Crippen LogP contribution in [-0.4, -0.2) is 27.2 Å². The monoisotopic (exact) mass is 391 g/mol. The second-order valence-electron chi connectivity index (χ2n) is 6.62. The maximum absolute atomic E-state index is 13.7. The van der Waals surface area contributed by atoms with Gasteiger partial charge in [-0.05, 0) is 30.2 Å². The third kappa shape index (κ3) is 4.51. The zero-order valence-corrected chi connectivity index (χ0v) is 17.1. The number of carbonyl (C=O) groups excluding carboxylic acids is 1. The second kappa shape index (κ2) is 9.15. The Bertz CT molecular complexity index is 985. The van der Waals surface area contributed by atoms with Gasteiger partial charge in [0.1, 0.15) is 5.75 Å². The summed E-state index contributed by atoms with van der Waals surface area (Å²) in [6, 6.07) is 21.1. The van der Waals surface area contributed by atoms with Crippen LogP contribution < -0.4 is 19.1 Å². The zero-order valence-electron chi connectivity index (χ0n) is 17.1. The van der Waals surface area contributed by atoms with E-state index in [0.29, 0.717) is 29.4 Å². The minimum atomic E-state index is -0.183. The van der Waals surface area contributed by atoms with Gasteiger partial charge in [0.15, 0.2) is 11.5 Å². The molecule has 0 radical (unpaired) electrons. The molecule has 0 heterocycles. The number of hydrogen-bond acceptors (Lipinski definition) is 4. The summed E-state index contributed by atoms with van der Waals surface area (Å²) in [5.74, 6) is 1.22. The van der Waals surface area contributed by atoms with Gasteiger partial charge in [0.25, 0.3) is 5.91 Å². The number of anilines is 1. The number of carbonyl (C=O) groups is 1. The molecule has 5 heteroatoms. The third-order valence-electron chi connectivity index (χ3n) is 4.68. The molecule has 0 aliphatic carbocycles. The van der Waals surface area contributed by atoms with E-state index >= 15 is 0 Å². The van der Waals surface area contributed by atoms with Crippen molar-refractivity contribution in [3.63, 3.8) is 0 Å². The first-order valence-electron chi connectivity index (χ1n) is 9.29. The normalized spacial score (nSPS) is 10.3. The van der Waals surface area contributed by atoms with E-state index in [9.17, 15) is 4.79 Å². The fourth-order valence-corrected chi connectivity index (χ4v) is 3.18. The van der Waals surface area contributed by atoms with Crippen molar-refractivity contribution in [2.24, 2.45) is 0 Å². The molecular weight excluding hydrogens is 366 g/mol. The summed E-state index contributed by atoms with van der Waals surface area (Å²) in [6.45, 7) is 2.44. The Hall–Kier alpha value is -3.47. The lowest BCUT2D eigenvalue weighted by Gasteiger charge is -2.25. The van der Waals surface area contributed by atoms with Crippen LogP contribution in [0.2, 0.25) is 0 Å². The molecule has 0 fully saturated rings. The van der Waals surface area contributed by atoms with Gasteiger partial charge in [-0.25, -0.2) is 0 Å². The first kappa shape index (κ1) is 20.3. The van der Waals surface area contributed by atoms with Crippen LogP contribution in [0.1, 0.15) is 21.5 Å². The molecule has 0 saturated carbocycles. The Morgan fingerprint density at radius 3 is 2.07 bits per heavy atom. The van der Waals surface area contributed by atoms with Crippen molar-refractivity contribution in [2.45, 2.75) is 13.5 Å². The van der Waals surface area contributed by atoms with Gasteiger partial charge in [0.05, 0.1) is 33.4 Å². The molecule has 0 aromatic heterocycles. The van der Waals surface area contributed by atoms with Crippen LogP contribution in [0.5, 0.6) is 17.2 Å². The highest BCUT2D eigenvalue weighted by Gasteiger charge is 2.24. The average molecular weight is 391 g/mol. The summed E-state index contributed by atoms with van der Waals surface area (Å²) in [5, 5.41) is 0. The van der Waals surface area contributed by atoms with Gasteiger partial charge >= 0.3 is 0 Å². The Kier molecular flexibility index (Phi) is 6.39. The number of hydrogen-bond donors (Lipinski definition) is 0. The fourth-order valence-electron chi connectivity index (χ4n) is 3.18. The molecule has 3 aromatic carbocycles. The summed E-state index contributed by atoms with van der Waals surface area (Å²) < 4.78 is 16.2. The van der Waals surface area contributed by atoms with Gasteiger partial charge in [-0.2, -0.15) is 0 Å². The fraction of sp³-hybridized carbons (Fsp3) is 0.208. The van der Waals surface area contributed by atoms with Crippen molar-refractivity contribution in [3.8, 4) is 17.2 Å². The van der Waals surface area contributed by atoms with Gasteiger partial charge in [0.2, 0.25) is 0 Å². The topological polar surface area (TPSA) is 48.0 Å². The summed E-state index contributed by atoms with van der Waals surface area (Å²) in [4.78, 5) is 15.4. The molecule has 3 aromatic rings. The van der Waals surface area contributed by atoms with Gasteiger partial charge in [-0.3, -0.25) is 4.79 Å². The van der Waals surface area contributed by atoms with Crippen LogP contribution in [0.15, 0.2) is 66.7 Å². The smallest absolute Gasteiger partial charge is 0.262 e. The van der Waals surface area contributed by atoms with Gasteiger partial charge in [0, 0.05) is 17.8 Å². The summed E-state index contributed by atoms with van der Waals surface area (Å²) in [5.41, 5.74) is 3.33. The van der Waals surface area contributed by atoms with E-state index in [1.807, 2.05) is 61.5 Å². The van der Waals surface area contributed by atoms with E-state index in [4.69, 9.17) is 14.2 Å². The number of aryl methyl sites for hydroxylation is 1. The molecule has 0 aliphatic heterocycles. The number of benzene rings is 3. The predicted molar refractivity (Wildman–Crippen MR) is 114 cm³/mol. The summed E-state index contributed by atoms with van der Waals surface area (Å²) >= 11 is 0. The van der Waals surface area contributed by atoms with Gasteiger partial charge in [-0.15, -0.1) is 0 Å². The van der Waals surface area contributed by atoms with Crippen LogP contribution in [0.3, 0.4) is 0 Å². The van der Waals surface area contributed by atoms with Crippen molar-refractivity contribution in [2.75, 3.05) is 26.2 Å². The summed E-state index contributed by atoms with van der Waals surface area (Å²) in [6.07, 6.45) is 0. The number of nitrogens with zero attached hydrogens (tertiary/aromatic N) is 1. The zero-order chi connectivity index (χ0) is 20.8. The highest BCUT2D eigenvalue weighted by Crippen LogP contribution is 2.36. The van der Waals surface area contributed by atoms with E-state index in [2.05, 4.69) is 0 Å². The number of methoxy groups -OCH3 is 3.